The van der Waals surface area contributed by atoms with Crippen molar-refractivity contribution in [2.24, 2.45) is 5.16 Å². The smallest absolute Gasteiger partial charge is 0.338 e. The first kappa shape index (κ1) is 16.6. The number of fused-ring (bicyclic) bond motifs is 1. The SMILES string of the molecule is CCOC(=O)c1ccnc(C(Cc2ccc3ccccc3c2)=NO)c1. The molecule has 3 rings (SSSR count). The van der Waals surface area contributed by atoms with Crippen LogP contribution in [0.3, 0.4) is 0 Å². The second-order valence-corrected chi connectivity index (χ2v) is 5.56. The molecule has 1 aromatic heterocycles. The fourth-order valence-corrected chi connectivity index (χ4v) is 2.65. The Balaban J connectivity index is 1.87. The first-order valence-corrected chi connectivity index (χ1v) is 8.03. The van der Waals surface area contributed by atoms with Crippen molar-refractivity contribution in [1.82, 2.24) is 4.98 Å². The van der Waals surface area contributed by atoms with E-state index in [4.69, 9.17) is 4.74 Å². The van der Waals surface area contributed by atoms with Crippen molar-refractivity contribution in [2.75, 3.05) is 6.61 Å². The normalized spacial score (nSPS) is 11.5. The summed E-state index contributed by atoms with van der Waals surface area (Å²) in [7, 11) is 0. The summed E-state index contributed by atoms with van der Waals surface area (Å²) in [5.74, 6) is -0.422. The molecule has 0 aliphatic rings. The molecule has 0 aliphatic heterocycles. The van der Waals surface area contributed by atoms with E-state index >= 15 is 0 Å². The van der Waals surface area contributed by atoms with Crippen LogP contribution in [0, 0.1) is 0 Å². The van der Waals surface area contributed by atoms with Gasteiger partial charge in [0.1, 0.15) is 5.71 Å². The summed E-state index contributed by atoms with van der Waals surface area (Å²) in [6, 6.07) is 17.3. The van der Waals surface area contributed by atoms with Crippen LogP contribution in [0.5, 0.6) is 0 Å². The van der Waals surface area contributed by atoms with Gasteiger partial charge in [0, 0.05) is 12.6 Å². The van der Waals surface area contributed by atoms with Crippen molar-refractivity contribution < 1.29 is 14.7 Å². The van der Waals surface area contributed by atoms with E-state index in [1.807, 2.05) is 36.4 Å². The molecule has 0 atom stereocenters. The van der Waals surface area contributed by atoms with Crippen molar-refractivity contribution in [3.8, 4) is 0 Å². The van der Waals surface area contributed by atoms with E-state index in [2.05, 4.69) is 16.2 Å². The Morgan fingerprint density at radius 2 is 1.92 bits per heavy atom. The summed E-state index contributed by atoms with van der Waals surface area (Å²) >= 11 is 0. The summed E-state index contributed by atoms with van der Waals surface area (Å²) in [6.45, 7) is 2.05. The monoisotopic (exact) mass is 334 g/mol. The third kappa shape index (κ3) is 3.83. The molecule has 0 amide bonds. The highest BCUT2D eigenvalue weighted by Gasteiger charge is 2.12. The van der Waals surface area contributed by atoms with Gasteiger partial charge in [0.25, 0.3) is 0 Å². The van der Waals surface area contributed by atoms with Crippen LogP contribution in [0.4, 0.5) is 0 Å². The highest BCUT2D eigenvalue weighted by atomic mass is 16.5. The van der Waals surface area contributed by atoms with Crippen LogP contribution in [0.25, 0.3) is 10.8 Å². The number of esters is 1. The zero-order valence-electron chi connectivity index (χ0n) is 13.8. The van der Waals surface area contributed by atoms with E-state index in [0.717, 1.165) is 16.3 Å². The Kier molecular flexibility index (Phi) is 5.04. The number of pyridine rings is 1. The number of hydrogen-bond donors (Lipinski definition) is 1. The van der Waals surface area contributed by atoms with E-state index in [1.165, 1.54) is 6.20 Å². The van der Waals surface area contributed by atoms with Crippen LogP contribution in [0.1, 0.15) is 28.5 Å². The maximum Gasteiger partial charge on any atom is 0.338 e. The molecule has 0 saturated carbocycles. The first-order valence-electron chi connectivity index (χ1n) is 8.03. The van der Waals surface area contributed by atoms with Gasteiger partial charge < -0.3 is 9.94 Å². The molecule has 0 spiro atoms. The lowest BCUT2D eigenvalue weighted by atomic mass is 10.0. The molecule has 5 heteroatoms. The third-order valence-electron chi connectivity index (χ3n) is 3.87. The minimum absolute atomic E-state index is 0.300. The lowest BCUT2D eigenvalue weighted by Gasteiger charge is -2.07. The Morgan fingerprint density at radius 1 is 1.12 bits per heavy atom. The first-order chi connectivity index (χ1) is 12.2. The summed E-state index contributed by atoms with van der Waals surface area (Å²) < 4.78 is 4.99. The molecule has 2 aromatic carbocycles. The van der Waals surface area contributed by atoms with E-state index in [0.29, 0.717) is 30.0 Å². The highest BCUT2D eigenvalue weighted by molar-refractivity contribution is 6.02. The number of benzene rings is 2. The molecule has 1 heterocycles. The van der Waals surface area contributed by atoms with Crippen LogP contribution in [-0.2, 0) is 11.2 Å². The van der Waals surface area contributed by atoms with Gasteiger partial charge >= 0.3 is 5.97 Å². The maximum absolute atomic E-state index is 11.9. The molecule has 126 valence electrons. The van der Waals surface area contributed by atoms with Crippen LogP contribution >= 0.6 is 0 Å². The van der Waals surface area contributed by atoms with E-state index < -0.39 is 5.97 Å². The van der Waals surface area contributed by atoms with Gasteiger partial charge in [-0.15, -0.1) is 0 Å². The fraction of sp³-hybridized carbons (Fsp3) is 0.150. The molecule has 25 heavy (non-hydrogen) atoms. The summed E-state index contributed by atoms with van der Waals surface area (Å²) in [6.07, 6.45) is 1.91. The van der Waals surface area contributed by atoms with Gasteiger partial charge in [-0.25, -0.2) is 4.79 Å². The summed E-state index contributed by atoms with van der Waals surface area (Å²) in [4.78, 5) is 16.1. The Hall–Kier alpha value is -3.21. The topological polar surface area (TPSA) is 71.8 Å². The fourth-order valence-electron chi connectivity index (χ4n) is 2.65. The predicted octanol–water partition coefficient (Wildman–Crippen LogP) is 3.83. The standard InChI is InChI=1S/C20H18N2O3/c1-2-25-20(23)17-9-10-21-18(13-17)19(22-24)12-14-7-8-15-5-3-4-6-16(15)11-14/h3-11,13,24H,2,12H2,1H3. The van der Waals surface area contributed by atoms with Gasteiger partial charge in [-0.05, 0) is 35.4 Å². The molecule has 0 unspecified atom stereocenters. The maximum atomic E-state index is 11.9. The number of ether oxygens (including phenoxy) is 1. The third-order valence-corrected chi connectivity index (χ3v) is 3.87. The Bertz CT molecular complexity index is 935. The van der Waals surface area contributed by atoms with Crippen molar-refractivity contribution in [3.63, 3.8) is 0 Å². The van der Waals surface area contributed by atoms with Crippen LogP contribution < -0.4 is 0 Å². The lowest BCUT2D eigenvalue weighted by Crippen LogP contribution is -2.11. The van der Waals surface area contributed by atoms with Gasteiger partial charge in [-0.2, -0.15) is 0 Å². The zero-order chi connectivity index (χ0) is 17.6. The van der Waals surface area contributed by atoms with Gasteiger partial charge in [0.2, 0.25) is 0 Å². The van der Waals surface area contributed by atoms with Crippen LogP contribution in [-0.4, -0.2) is 28.5 Å². The van der Waals surface area contributed by atoms with Crippen molar-refractivity contribution in [2.45, 2.75) is 13.3 Å². The minimum atomic E-state index is -0.422. The number of oxime groups is 1. The van der Waals surface area contributed by atoms with Gasteiger partial charge in [-0.3, -0.25) is 4.98 Å². The van der Waals surface area contributed by atoms with Crippen molar-refractivity contribution in [3.05, 3.63) is 77.6 Å². The van der Waals surface area contributed by atoms with Crippen molar-refractivity contribution in [1.29, 1.82) is 0 Å². The Labute approximate surface area is 145 Å². The van der Waals surface area contributed by atoms with E-state index in [9.17, 15) is 10.0 Å². The number of carbonyl (C=O) groups is 1. The summed E-state index contributed by atoms with van der Waals surface area (Å²) in [5, 5.41) is 15.1. The average molecular weight is 334 g/mol. The molecule has 3 aromatic rings. The number of carbonyl (C=O) groups excluding carboxylic acids is 1. The molecular formula is C20H18N2O3. The number of aromatic nitrogens is 1. The highest BCUT2D eigenvalue weighted by Crippen LogP contribution is 2.17. The summed E-state index contributed by atoms with van der Waals surface area (Å²) in [5.41, 5.74) is 2.21. The largest absolute Gasteiger partial charge is 0.462 e. The molecule has 0 radical (unpaired) electrons. The molecule has 0 bridgehead atoms. The van der Waals surface area contributed by atoms with E-state index in [-0.39, 0.29) is 0 Å². The van der Waals surface area contributed by atoms with E-state index in [1.54, 1.807) is 19.1 Å². The molecule has 0 aliphatic carbocycles. The zero-order valence-corrected chi connectivity index (χ0v) is 13.8. The van der Waals surface area contributed by atoms with Gasteiger partial charge in [-0.1, -0.05) is 47.6 Å². The number of rotatable bonds is 5. The van der Waals surface area contributed by atoms with Crippen LogP contribution in [0.2, 0.25) is 0 Å². The van der Waals surface area contributed by atoms with Crippen molar-refractivity contribution >= 4 is 22.5 Å². The number of nitrogens with zero attached hydrogens (tertiary/aromatic N) is 2. The molecule has 0 fully saturated rings. The quantitative estimate of drug-likeness (QED) is 0.333. The molecule has 0 saturated heterocycles. The number of hydrogen-bond acceptors (Lipinski definition) is 5. The van der Waals surface area contributed by atoms with Gasteiger partial charge in [0.05, 0.1) is 17.9 Å². The molecule has 1 N–H and O–H groups in total. The second-order valence-electron chi connectivity index (χ2n) is 5.56. The second kappa shape index (κ2) is 7.57. The Morgan fingerprint density at radius 3 is 2.68 bits per heavy atom. The lowest BCUT2D eigenvalue weighted by molar-refractivity contribution is 0.0526. The average Bonchev–Trinajstić information content (AvgIpc) is 2.66. The minimum Gasteiger partial charge on any atom is -0.462 e. The molecular weight excluding hydrogens is 316 g/mol. The molecule has 5 nitrogen and oxygen atoms in total. The van der Waals surface area contributed by atoms with Gasteiger partial charge in [0.15, 0.2) is 0 Å². The van der Waals surface area contributed by atoms with Crippen LogP contribution in [0.15, 0.2) is 65.9 Å². The predicted molar refractivity (Wildman–Crippen MR) is 96.2 cm³/mol.